The van der Waals surface area contributed by atoms with Crippen molar-refractivity contribution in [2.45, 2.75) is 0 Å². The maximum Gasteiger partial charge on any atom is 0.235 e. The molecule has 0 spiro atoms. The molecule has 0 aliphatic carbocycles. The molecule has 18 aromatic carbocycles. The number of hydrogen-bond donors (Lipinski definition) is 0. The van der Waals surface area contributed by atoms with Gasteiger partial charge in [-0.05, 0) is 127 Å². The Kier molecular flexibility index (Phi) is 13.8. The van der Waals surface area contributed by atoms with Gasteiger partial charge in [-0.1, -0.05) is 328 Å². The molecule has 0 radical (unpaired) electrons. The molecule has 0 unspecified atom stereocenters. The van der Waals surface area contributed by atoms with Crippen LogP contribution in [0.5, 0.6) is 0 Å². The van der Waals surface area contributed by atoms with Crippen molar-refractivity contribution in [3.63, 3.8) is 0 Å². The van der Waals surface area contributed by atoms with Crippen molar-refractivity contribution in [2.24, 2.45) is 0 Å². The highest BCUT2D eigenvalue weighted by molar-refractivity contribution is 6.33. The van der Waals surface area contributed by atoms with Gasteiger partial charge in [0.2, 0.25) is 11.9 Å². The first kappa shape index (κ1) is 64.1. The smallest absolute Gasteiger partial charge is 0.235 e. The Morgan fingerprint density at radius 1 is 0.164 bits per heavy atom. The topological polar surface area (TPSA) is 70.2 Å². The average molecular weight is 1470 g/mol. The SMILES string of the molecule is c1ccc(-c2ccc(-c3cc4c(-c5ccccc5)nc(-n5c6cccc7c8cccc9c%10ccccc%10n(c%10cccc5c%10c76)c89)nc4c4ccccc34)cc2)cc1.c1ccc(-c2ccccc2-c2cc3c(-c4ccccc4)nc(-n4c5cccc6c7cccc8c9ccccc9n(c9cccc4c9c65)c78)nc3c3ccccc23)cc1. The maximum absolute atomic E-state index is 5.62. The van der Waals surface area contributed by atoms with Crippen LogP contribution in [0.15, 0.2) is 388 Å². The summed E-state index contributed by atoms with van der Waals surface area (Å²) in [6, 6.07) is 140. The van der Waals surface area contributed by atoms with Crippen molar-refractivity contribution in [3.05, 3.63) is 388 Å². The molecule has 0 fully saturated rings. The van der Waals surface area contributed by atoms with Gasteiger partial charge in [0.05, 0.1) is 77.6 Å². The lowest BCUT2D eigenvalue weighted by Gasteiger charge is -2.17. The van der Waals surface area contributed by atoms with Crippen molar-refractivity contribution >= 4 is 163 Å². The molecule has 26 aromatic rings. The first-order chi connectivity index (χ1) is 57.6. The predicted octanol–water partition coefficient (Wildman–Crippen LogP) is 28.1. The van der Waals surface area contributed by atoms with E-state index >= 15 is 0 Å². The Balaban J connectivity index is 0.000000130. The summed E-state index contributed by atoms with van der Waals surface area (Å²) in [6.07, 6.45) is 0. The van der Waals surface area contributed by atoms with Gasteiger partial charge in [-0.2, -0.15) is 0 Å². The van der Waals surface area contributed by atoms with Crippen LogP contribution in [0.25, 0.3) is 242 Å². The molecule has 0 saturated carbocycles. The standard InChI is InChI=1S/2C54H32N4/c1-3-14-33(15-4-1)34-28-30-35(31-29-34)43-32-44-51(36-16-5-2-6-17-36)55-54(56-52(44)40-20-8-7-18-37(40)43)58-46-25-12-21-39-42-23-11-22-41-38-19-9-10-24-45(38)57(53(41)42)47-26-13-27-48(58)50(47)49(39)46;1-3-16-33(17-4-1)35-20-7-8-21-36(35)43-32-44-51(34-18-5-2-6-19-34)55-54(56-52(44)40-24-10-9-22-37(40)43)58-46-29-14-25-39-42-27-13-26-41-38-23-11-12-28-45(38)57(53(41)42)47-30-15-31-48(58)50(47)49(39)46/h2*1-32H. The number of benzene rings is 18. The molecule has 0 aliphatic heterocycles. The van der Waals surface area contributed by atoms with E-state index in [9.17, 15) is 0 Å². The number of nitrogens with zero attached hydrogens (tertiary/aromatic N) is 8. The molecule has 0 aliphatic rings. The van der Waals surface area contributed by atoms with E-state index in [2.05, 4.69) is 406 Å². The van der Waals surface area contributed by atoms with Crippen LogP contribution in [-0.4, -0.2) is 37.9 Å². The van der Waals surface area contributed by atoms with Crippen LogP contribution in [-0.2, 0) is 0 Å². The minimum atomic E-state index is 0.652. The number of aromatic nitrogens is 8. The number of fused-ring (bicyclic) bond motifs is 16. The lowest BCUT2D eigenvalue weighted by Crippen LogP contribution is -2.04. The van der Waals surface area contributed by atoms with Gasteiger partial charge < -0.3 is 8.80 Å². The second-order valence-electron chi connectivity index (χ2n) is 30.6. The van der Waals surface area contributed by atoms with Crippen LogP contribution in [0, 0.1) is 0 Å². The van der Waals surface area contributed by atoms with Crippen molar-refractivity contribution < 1.29 is 0 Å². The van der Waals surface area contributed by atoms with Gasteiger partial charge in [0.1, 0.15) is 0 Å². The fourth-order valence-corrected chi connectivity index (χ4v) is 19.7. The predicted molar refractivity (Wildman–Crippen MR) is 485 cm³/mol. The van der Waals surface area contributed by atoms with Crippen LogP contribution in [0.3, 0.4) is 0 Å². The minimum Gasteiger partial charge on any atom is -0.308 e. The summed E-state index contributed by atoms with van der Waals surface area (Å²) in [5.74, 6) is 1.31. The van der Waals surface area contributed by atoms with E-state index in [-0.39, 0.29) is 0 Å². The summed E-state index contributed by atoms with van der Waals surface area (Å²) in [7, 11) is 0. The third-order valence-electron chi connectivity index (χ3n) is 24.5. The Morgan fingerprint density at radius 3 is 0.948 bits per heavy atom. The maximum atomic E-state index is 5.62. The van der Waals surface area contributed by atoms with Gasteiger partial charge in [-0.25, -0.2) is 19.9 Å². The first-order valence-electron chi connectivity index (χ1n) is 39.7. The van der Waals surface area contributed by atoms with Gasteiger partial charge in [0.25, 0.3) is 0 Å². The van der Waals surface area contributed by atoms with Crippen LogP contribution in [0.2, 0.25) is 0 Å². The van der Waals surface area contributed by atoms with E-state index in [1.807, 2.05) is 0 Å². The highest BCUT2D eigenvalue weighted by atomic mass is 15.2. The average Bonchev–Trinajstić information content (AvgIpc) is 1.52. The Hall–Kier alpha value is -15.6. The van der Waals surface area contributed by atoms with Crippen LogP contribution < -0.4 is 0 Å². The van der Waals surface area contributed by atoms with E-state index in [1.54, 1.807) is 0 Å². The van der Waals surface area contributed by atoms with E-state index in [0.717, 1.165) is 105 Å². The lowest BCUT2D eigenvalue weighted by atomic mass is 9.89. The molecule has 0 bridgehead atoms. The van der Waals surface area contributed by atoms with Gasteiger partial charge in [-0.3, -0.25) is 9.13 Å². The second-order valence-corrected chi connectivity index (χ2v) is 30.6. The van der Waals surface area contributed by atoms with Crippen LogP contribution in [0.4, 0.5) is 0 Å². The summed E-state index contributed by atoms with van der Waals surface area (Å²) in [6.45, 7) is 0. The monoisotopic (exact) mass is 1470 g/mol. The molecule has 536 valence electrons. The van der Waals surface area contributed by atoms with Crippen LogP contribution in [0.1, 0.15) is 0 Å². The fourth-order valence-electron chi connectivity index (χ4n) is 19.7. The molecule has 8 aromatic heterocycles. The molecule has 0 atom stereocenters. The summed E-state index contributed by atoms with van der Waals surface area (Å²) in [4.78, 5) is 22.4. The number of hydrogen-bond acceptors (Lipinski definition) is 4. The summed E-state index contributed by atoms with van der Waals surface area (Å²) in [5.41, 5.74) is 26.8. The molecular weight excluding hydrogens is 1410 g/mol. The molecule has 8 nitrogen and oxygen atoms in total. The zero-order valence-corrected chi connectivity index (χ0v) is 62.5. The molecule has 26 rings (SSSR count). The third-order valence-corrected chi connectivity index (χ3v) is 24.5. The van der Waals surface area contributed by atoms with E-state index < -0.39 is 0 Å². The van der Waals surface area contributed by atoms with E-state index in [0.29, 0.717) is 11.9 Å². The van der Waals surface area contributed by atoms with Crippen molar-refractivity contribution in [1.29, 1.82) is 0 Å². The normalized spacial score (nSPS) is 12.1. The molecule has 0 saturated heterocycles. The summed E-state index contributed by atoms with van der Waals surface area (Å²) < 4.78 is 9.55. The highest BCUT2D eigenvalue weighted by Crippen LogP contribution is 2.50. The van der Waals surface area contributed by atoms with E-state index in [4.69, 9.17) is 19.9 Å². The zero-order valence-electron chi connectivity index (χ0n) is 62.5. The lowest BCUT2D eigenvalue weighted by molar-refractivity contribution is 1.02. The quantitative estimate of drug-likeness (QED) is 0.142. The molecule has 0 amide bonds. The van der Waals surface area contributed by atoms with Crippen LogP contribution >= 0.6 is 0 Å². The number of para-hydroxylation sites is 4. The van der Waals surface area contributed by atoms with Gasteiger partial charge in [0, 0.05) is 86.5 Å². The summed E-state index contributed by atoms with van der Waals surface area (Å²) >= 11 is 0. The Bertz CT molecular complexity index is 8550. The van der Waals surface area contributed by atoms with Crippen molar-refractivity contribution in [2.75, 3.05) is 0 Å². The van der Waals surface area contributed by atoms with Crippen molar-refractivity contribution in [3.8, 4) is 78.9 Å². The fraction of sp³-hybridized carbons (Fsp3) is 0. The van der Waals surface area contributed by atoms with Gasteiger partial charge in [-0.15, -0.1) is 0 Å². The third kappa shape index (κ3) is 9.26. The van der Waals surface area contributed by atoms with Gasteiger partial charge in [0.15, 0.2) is 0 Å². The second kappa shape index (κ2) is 24.9. The Morgan fingerprint density at radius 2 is 0.466 bits per heavy atom. The molecule has 116 heavy (non-hydrogen) atoms. The van der Waals surface area contributed by atoms with Gasteiger partial charge >= 0.3 is 0 Å². The Labute approximate surface area is 663 Å². The summed E-state index contributed by atoms with van der Waals surface area (Å²) in [5, 5.41) is 21.3. The minimum absolute atomic E-state index is 0.652. The van der Waals surface area contributed by atoms with Crippen molar-refractivity contribution in [1.82, 2.24) is 37.9 Å². The zero-order chi connectivity index (χ0) is 75.8. The number of rotatable bonds is 8. The molecule has 0 N–H and O–H groups in total. The molecule has 8 heterocycles. The van der Waals surface area contributed by atoms with E-state index in [1.165, 1.54) is 126 Å². The largest absolute Gasteiger partial charge is 0.308 e. The molecular formula is C108H64N8. The first-order valence-corrected chi connectivity index (χ1v) is 39.7. The molecule has 8 heteroatoms. The highest BCUT2D eigenvalue weighted by Gasteiger charge is 2.28.